The van der Waals surface area contributed by atoms with Gasteiger partial charge in [-0.15, -0.1) is 10.2 Å². The number of carbonyl (C=O) groups excluding carboxylic acids is 1. The van der Waals surface area contributed by atoms with Crippen LogP contribution in [0.25, 0.3) is 11.4 Å². The molecule has 0 bridgehead atoms. The number of carbonyl (C=O) groups is 1. The number of benzene rings is 2. The van der Waals surface area contributed by atoms with Crippen LogP contribution in [0.15, 0.2) is 48.5 Å². The third kappa shape index (κ3) is 4.03. The summed E-state index contributed by atoms with van der Waals surface area (Å²) in [6.45, 7) is 2.40. The predicted octanol–water partition coefficient (Wildman–Crippen LogP) is 3.28. The van der Waals surface area contributed by atoms with Gasteiger partial charge in [0.1, 0.15) is 0 Å². The number of hydrogen-bond donors (Lipinski definition) is 1. The SMILES string of the molecule is C[C@@H](C(=O)N(C)Cc1cccc(-c2nn[nH]n2)c1)c1ccc(Cl)cc1. The maximum atomic E-state index is 12.7. The molecular weight excluding hydrogens is 338 g/mol. The number of halogens is 1. The second kappa shape index (κ2) is 7.44. The van der Waals surface area contributed by atoms with E-state index in [2.05, 4.69) is 20.6 Å². The molecule has 1 amide bonds. The molecule has 1 atom stereocenters. The first kappa shape index (κ1) is 17.1. The first-order valence-corrected chi connectivity index (χ1v) is 8.25. The van der Waals surface area contributed by atoms with Gasteiger partial charge >= 0.3 is 0 Å². The van der Waals surface area contributed by atoms with Gasteiger partial charge in [-0.05, 0) is 41.5 Å². The van der Waals surface area contributed by atoms with Crippen LogP contribution in [0, 0.1) is 0 Å². The molecule has 0 spiro atoms. The van der Waals surface area contributed by atoms with Gasteiger partial charge in [0.15, 0.2) is 0 Å². The van der Waals surface area contributed by atoms with Crippen LogP contribution in [0.3, 0.4) is 0 Å². The molecule has 1 heterocycles. The topological polar surface area (TPSA) is 74.8 Å². The van der Waals surface area contributed by atoms with E-state index in [1.807, 2.05) is 43.3 Å². The second-order valence-corrected chi connectivity index (χ2v) is 6.34. The summed E-state index contributed by atoms with van der Waals surface area (Å²) in [7, 11) is 1.80. The van der Waals surface area contributed by atoms with Crippen molar-refractivity contribution in [2.75, 3.05) is 7.05 Å². The van der Waals surface area contributed by atoms with Gasteiger partial charge in [0.2, 0.25) is 11.7 Å². The van der Waals surface area contributed by atoms with Crippen LogP contribution in [-0.2, 0) is 11.3 Å². The molecule has 0 aliphatic carbocycles. The highest BCUT2D eigenvalue weighted by molar-refractivity contribution is 6.30. The van der Waals surface area contributed by atoms with Crippen molar-refractivity contribution in [1.29, 1.82) is 0 Å². The molecule has 0 aliphatic rings. The number of hydrogen-bond acceptors (Lipinski definition) is 4. The highest BCUT2D eigenvalue weighted by Gasteiger charge is 2.19. The quantitative estimate of drug-likeness (QED) is 0.762. The molecule has 2 aromatic carbocycles. The number of rotatable bonds is 5. The highest BCUT2D eigenvalue weighted by Crippen LogP contribution is 2.21. The Morgan fingerprint density at radius 3 is 2.68 bits per heavy atom. The predicted molar refractivity (Wildman–Crippen MR) is 96.0 cm³/mol. The maximum absolute atomic E-state index is 12.7. The lowest BCUT2D eigenvalue weighted by atomic mass is 9.99. The Balaban J connectivity index is 1.71. The lowest BCUT2D eigenvalue weighted by molar-refractivity contribution is -0.131. The van der Waals surface area contributed by atoms with E-state index in [4.69, 9.17) is 11.6 Å². The van der Waals surface area contributed by atoms with E-state index < -0.39 is 0 Å². The van der Waals surface area contributed by atoms with Gasteiger partial charge < -0.3 is 4.90 Å². The molecule has 0 aliphatic heterocycles. The van der Waals surface area contributed by atoms with Crippen molar-refractivity contribution >= 4 is 17.5 Å². The van der Waals surface area contributed by atoms with Gasteiger partial charge in [-0.2, -0.15) is 5.21 Å². The Morgan fingerprint density at radius 1 is 1.24 bits per heavy atom. The number of aromatic amines is 1. The molecule has 6 nitrogen and oxygen atoms in total. The Bertz CT molecular complexity index is 848. The van der Waals surface area contributed by atoms with E-state index >= 15 is 0 Å². The number of likely N-dealkylation sites (N-methyl/N-ethyl adjacent to an activating group) is 1. The monoisotopic (exact) mass is 355 g/mol. The number of H-pyrrole nitrogens is 1. The molecule has 3 aromatic rings. The molecule has 0 unspecified atom stereocenters. The Hall–Kier alpha value is -2.73. The van der Waals surface area contributed by atoms with E-state index in [-0.39, 0.29) is 11.8 Å². The zero-order valence-electron chi connectivity index (χ0n) is 14.0. The number of nitrogens with one attached hydrogen (secondary N) is 1. The fourth-order valence-electron chi connectivity index (χ4n) is 2.67. The van der Waals surface area contributed by atoms with Gasteiger partial charge in [0.25, 0.3) is 0 Å². The molecule has 7 heteroatoms. The molecule has 0 saturated heterocycles. The Morgan fingerprint density at radius 2 is 2.00 bits per heavy atom. The minimum Gasteiger partial charge on any atom is -0.341 e. The standard InChI is InChI=1S/C18H18ClN5O/c1-12(14-6-8-16(19)9-7-14)18(25)24(2)11-13-4-3-5-15(10-13)17-20-22-23-21-17/h3-10,12H,11H2,1-2H3,(H,20,21,22,23)/t12-/m1/s1. The number of amides is 1. The molecule has 3 rings (SSSR count). The molecule has 25 heavy (non-hydrogen) atoms. The van der Waals surface area contributed by atoms with E-state index in [0.29, 0.717) is 17.4 Å². The van der Waals surface area contributed by atoms with Crippen molar-refractivity contribution in [1.82, 2.24) is 25.5 Å². The van der Waals surface area contributed by atoms with E-state index in [9.17, 15) is 4.79 Å². The first-order valence-electron chi connectivity index (χ1n) is 7.88. The van der Waals surface area contributed by atoms with Crippen LogP contribution in [0.2, 0.25) is 5.02 Å². The van der Waals surface area contributed by atoms with Gasteiger partial charge in [0, 0.05) is 24.2 Å². The zero-order chi connectivity index (χ0) is 17.8. The molecular formula is C18H18ClN5O. The molecule has 1 N–H and O–H groups in total. The van der Waals surface area contributed by atoms with Crippen LogP contribution < -0.4 is 0 Å². The van der Waals surface area contributed by atoms with Crippen molar-refractivity contribution in [3.63, 3.8) is 0 Å². The number of aromatic nitrogens is 4. The largest absolute Gasteiger partial charge is 0.341 e. The molecule has 128 valence electrons. The van der Waals surface area contributed by atoms with Gasteiger partial charge in [-0.3, -0.25) is 4.79 Å². The smallest absolute Gasteiger partial charge is 0.229 e. The molecule has 0 saturated carbocycles. The normalized spacial score (nSPS) is 12.0. The fourth-order valence-corrected chi connectivity index (χ4v) is 2.80. The number of nitrogens with zero attached hydrogens (tertiary/aromatic N) is 4. The Labute approximate surface area is 150 Å². The lowest BCUT2D eigenvalue weighted by Gasteiger charge is -2.22. The minimum atomic E-state index is -0.234. The summed E-state index contributed by atoms with van der Waals surface area (Å²) in [5.74, 6) is 0.348. The summed E-state index contributed by atoms with van der Waals surface area (Å²) in [5, 5.41) is 14.6. The van der Waals surface area contributed by atoms with Crippen LogP contribution in [-0.4, -0.2) is 38.5 Å². The first-order chi connectivity index (χ1) is 12.0. The summed E-state index contributed by atoms with van der Waals surface area (Å²) >= 11 is 5.91. The average Bonchev–Trinajstić information content (AvgIpc) is 3.16. The van der Waals surface area contributed by atoms with Crippen LogP contribution in [0.4, 0.5) is 0 Å². The minimum absolute atomic E-state index is 0.0484. The summed E-state index contributed by atoms with van der Waals surface area (Å²) in [4.78, 5) is 14.4. The van der Waals surface area contributed by atoms with Crippen molar-refractivity contribution in [3.05, 3.63) is 64.7 Å². The third-order valence-electron chi connectivity index (χ3n) is 4.07. The second-order valence-electron chi connectivity index (χ2n) is 5.90. The summed E-state index contributed by atoms with van der Waals surface area (Å²) < 4.78 is 0. The molecule has 0 fully saturated rings. The van der Waals surface area contributed by atoms with Crippen molar-refractivity contribution in [2.24, 2.45) is 0 Å². The van der Waals surface area contributed by atoms with E-state index in [1.165, 1.54) is 0 Å². The summed E-state index contributed by atoms with van der Waals surface area (Å²) in [5.41, 5.74) is 2.81. The van der Waals surface area contributed by atoms with Crippen molar-refractivity contribution in [2.45, 2.75) is 19.4 Å². The van der Waals surface area contributed by atoms with Crippen LogP contribution in [0.1, 0.15) is 24.0 Å². The van der Waals surface area contributed by atoms with Crippen LogP contribution >= 0.6 is 11.6 Å². The third-order valence-corrected chi connectivity index (χ3v) is 4.32. The molecule has 0 radical (unpaired) electrons. The van der Waals surface area contributed by atoms with Gasteiger partial charge in [-0.1, -0.05) is 41.9 Å². The van der Waals surface area contributed by atoms with Gasteiger partial charge in [-0.25, -0.2) is 0 Å². The average molecular weight is 356 g/mol. The zero-order valence-corrected chi connectivity index (χ0v) is 14.7. The number of tetrazole rings is 1. The van der Waals surface area contributed by atoms with Gasteiger partial charge in [0.05, 0.1) is 5.92 Å². The lowest BCUT2D eigenvalue weighted by Crippen LogP contribution is -2.30. The van der Waals surface area contributed by atoms with Crippen molar-refractivity contribution < 1.29 is 4.79 Å². The molecule has 1 aromatic heterocycles. The van der Waals surface area contributed by atoms with E-state index in [0.717, 1.165) is 16.7 Å². The highest BCUT2D eigenvalue weighted by atomic mass is 35.5. The summed E-state index contributed by atoms with van der Waals surface area (Å²) in [6, 6.07) is 15.1. The maximum Gasteiger partial charge on any atom is 0.229 e. The van der Waals surface area contributed by atoms with Crippen molar-refractivity contribution in [3.8, 4) is 11.4 Å². The van der Waals surface area contributed by atoms with Crippen LogP contribution in [0.5, 0.6) is 0 Å². The fraction of sp³-hybridized carbons (Fsp3) is 0.222. The Kier molecular flexibility index (Phi) is 5.09. The summed E-state index contributed by atoms with van der Waals surface area (Å²) in [6.07, 6.45) is 0. The van der Waals surface area contributed by atoms with E-state index in [1.54, 1.807) is 24.1 Å².